The first-order valence-electron chi connectivity index (χ1n) is 14.4. The Hall–Kier alpha value is -2.37. The van der Waals surface area contributed by atoms with E-state index in [9.17, 15) is 0 Å². The molecule has 4 aliphatic heterocycles. The second kappa shape index (κ2) is 11.0. The number of nitrogens with zero attached hydrogens (tertiary/aromatic N) is 2. The van der Waals surface area contributed by atoms with Crippen molar-refractivity contribution in [3.8, 4) is 11.3 Å². The van der Waals surface area contributed by atoms with E-state index in [2.05, 4.69) is 99.7 Å². The summed E-state index contributed by atoms with van der Waals surface area (Å²) in [7, 11) is 0. The van der Waals surface area contributed by atoms with Gasteiger partial charge in [0.25, 0.3) is 0 Å². The summed E-state index contributed by atoms with van der Waals surface area (Å²) in [5.41, 5.74) is 6.57. The van der Waals surface area contributed by atoms with Crippen molar-refractivity contribution in [1.29, 1.82) is 0 Å². The van der Waals surface area contributed by atoms with Crippen LogP contribution in [0.1, 0.15) is 60.2 Å². The summed E-state index contributed by atoms with van der Waals surface area (Å²) in [4.78, 5) is 2.54. The van der Waals surface area contributed by atoms with Crippen LogP contribution in [0.2, 0.25) is 0 Å². The average Bonchev–Trinajstić information content (AvgIpc) is 3.01. The number of fused-ring (bicyclic) bond motifs is 2. The number of anilines is 1. The molecule has 3 saturated heterocycles. The molecule has 0 unspecified atom stereocenters. The molecule has 5 aliphatic rings. The van der Waals surface area contributed by atoms with Gasteiger partial charge in [0.15, 0.2) is 0 Å². The molecular weight excluding hydrogens is 505 g/mol. The largest absolute Gasteiger partial charge is 0.456 e. The van der Waals surface area contributed by atoms with Crippen LogP contribution < -0.4 is 14.8 Å². The molecule has 0 radical (unpaired) electrons. The number of hydrogen-bond donors (Lipinski definition) is 0. The quantitative estimate of drug-likeness (QED) is 0.195. The summed E-state index contributed by atoms with van der Waals surface area (Å²) < 4.78 is 9.72. The zero-order chi connectivity index (χ0) is 25.3. The van der Waals surface area contributed by atoms with Gasteiger partial charge in [-0.25, -0.2) is 4.58 Å². The van der Waals surface area contributed by atoms with Crippen molar-refractivity contribution >= 4 is 40.2 Å². The number of rotatable bonds is 3. The Labute approximate surface area is 234 Å². The Kier molecular flexibility index (Phi) is 7.15. The van der Waals surface area contributed by atoms with E-state index in [4.69, 9.17) is 4.42 Å². The standard InChI is InChI=1S/C33H37N2OS2/c1-4-10-24(11-5-1)25-22-37-33(38-23-25)32-28-14-12-26(34-16-6-2-7-17-34)20-30(28)36-31-21-27(13-15-29(31)32)35-18-8-3-9-19-35/h1,4-5,10-15,20-21,25,33H,2-3,6-9,16-19,22-23H2/q+1. The maximum Gasteiger partial charge on any atom is 0.203 e. The van der Waals surface area contributed by atoms with Crippen LogP contribution in [0.15, 0.2) is 71.1 Å². The first-order valence-corrected chi connectivity index (χ1v) is 16.5. The molecular formula is C33H37N2OS2+. The van der Waals surface area contributed by atoms with Gasteiger partial charge in [-0.15, -0.1) is 23.5 Å². The van der Waals surface area contributed by atoms with Crippen molar-refractivity contribution in [2.45, 2.75) is 49.0 Å². The fraction of sp³-hybridized carbons (Fsp3) is 0.424. The number of hydrogen-bond acceptors (Lipinski definition) is 4. The molecule has 1 aliphatic carbocycles. The third-order valence-electron chi connectivity index (χ3n) is 8.58. The summed E-state index contributed by atoms with van der Waals surface area (Å²) in [6, 6.07) is 25.1. The third kappa shape index (κ3) is 4.88. The molecule has 2 aromatic rings. The zero-order valence-corrected chi connectivity index (χ0v) is 23.7. The van der Waals surface area contributed by atoms with Crippen LogP contribution in [0.25, 0.3) is 22.3 Å². The highest BCUT2D eigenvalue weighted by atomic mass is 32.2. The van der Waals surface area contributed by atoms with Gasteiger partial charge in [-0.2, -0.15) is 0 Å². The van der Waals surface area contributed by atoms with Crippen LogP contribution in [-0.4, -0.2) is 37.7 Å². The minimum atomic E-state index is 0.415. The van der Waals surface area contributed by atoms with Gasteiger partial charge < -0.3 is 9.32 Å². The van der Waals surface area contributed by atoms with Gasteiger partial charge in [0.1, 0.15) is 24.4 Å². The molecule has 0 aromatic heterocycles. The van der Waals surface area contributed by atoms with Gasteiger partial charge in [-0.05, 0) is 55.0 Å². The Morgan fingerprint density at radius 1 is 0.763 bits per heavy atom. The van der Waals surface area contributed by atoms with Gasteiger partial charge in [0.2, 0.25) is 5.36 Å². The smallest absolute Gasteiger partial charge is 0.203 e. The lowest BCUT2D eigenvalue weighted by atomic mass is 9.99. The molecule has 196 valence electrons. The Balaban J connectivity index is 1.31. The average molecular weight is 542 g/mol. The molecule has 4 heterocycles. The molecule has 38 heavy (non-hydrogen) atoms. The molecule has 0 atom stereocenters. The highest BCUT2D eigenvalue weighted by molar-refractivity contribution is 8.17. The zero-order valence-electron chi connectivity index (χ0n) is 22.1. The van der Waals surface area contributed by atoms with Crippen molar-refractivity contribution < 1.29 is 4.42 Å². The summed E-state index contributed by atoms with van der Waals surface area (Å²) in [5, 5.41) is 2.60. The predicted octanol–water partition coefficient (Wildman–Crippen LogP) is 7.75. The lowest BCUT2D eigenvalue weighted by Crippen LogP contribution is -2.34. The third-order valence-corrected chi connectivity index (χ3v) is 11.7. The van der Waals surface area contributed by atoms with Crippen molar-refractivity contribution in [3.05, 3.63) is 83.2 Å². The maximum absolute atomic E-state index is 6.76. The molecule has 3 nitrogen and oxygen atoms in total. The first kappa shape index (κ1) is 24.7. The second-order valence-electron chi connectivity index (χ2n) is 11.1. The normalized spacial score (nSPS) is 22.7. The van der Waals surface area contributed by atoms with Crippen LogP contribution in [0.3, 0.4) is 0 Å². The van der Waals surface area contributed by atoms with E-state index >= 15 is 0 Å². The lowest BCUT2D eigenvalue weighted by Gasteiger charge is -2.31. The van der Waals surface area contributed by atoms with E-state index < -0.39 is 0 Å². The number of piperidine rings is 2. The SMILES string of the molecule is c1ccc(C2CSC(c3c4ccc(=[N+]5CCCCC5)cc-4oc4cc(N5CCCCC5)ccc34)SC2)cc1. The van der Waals surface area contributed by atoms with Gasteiger partial charge in [0, 0.05) is 72.1 Å². The van der Waals surface area contributed by atoms with E-state index in [0.717, 1.165) is 49.0 Å². The van der Waals surface area contributed by atoms with Gasteiger partial charge in [-0.1, -0.05) is 30.3 Å². The summed E-state index contributed by atoms with van der Waals surface area (Å²) in [6.45, 7) is 4.61. The maximum atomic E-state index is 6.76. The summed E-state index contributed by atoms with van der Waals surface area (Å²) in [5.74, 6) is 3.98. The van der Waals surface area contributed by atoms with Crippen LogP contribution in [-0.2, 0) is 0 Å². The van der Waals surface area contributed by atoms with Crippen LogP contribution in [0.4, 0.5) is 5.69 Å². The second-order valence-corrected chi connectivity index (χ2v) is 13.7. The van der Waals surface area contributed by atoms with Crippen LogP contribution >= 0.6 is 23.5 Å². The molecule has 0 bridgehead atoms. The van der Waals surface area contributed by atoms with Crippen LogP contribution in [0, 0.1) is 0 Å². The van der Waals surface area contributed by atoms with Gasteiger partial charge >= 0.3 is 0 Å². The van der Waals surface area contributed by atoms with E-state index in [0.29, 0.717) is 10.5 Å². The monoisotopic (exact) mass is 541 g/mol. The Morgan fingerprint density at radius 3 is 2.32 bits per heavy atom. The highest BCUT2D eigenvalue weighted by Gasteiger charge is 2.30. The molecule has 2 aromatic carbocycles. The van der Waals surface area contributed by atoms with Crippen molar-refractivity contribution in [3.63, 3.8) is 0 Å². The Morgan fingerprint density at radius 2 is 1.53 bits per heavy atom. The lowest BCUT2D eigenvalue weighted by molar-refractivity contribution is 0.451. The minimum Gasteiger partial charge on any atom is -0.456 e. The number of benzene rings is 3. The predicted molar refractivity (Wildman–Crippen MR) is 165 cm³/mol. The van der Waals surface area contributed by atoms with Crippen LogP contribution in [0.5, 0.6) is 0 Å². The minimum absolute atomic E-state index is 0.415. The Bertz CT molecular complexity index is 1440. The van der Waals surface area contributed by atoms with Crippen molar-refractivity contribution in [2.24, 2.45) is 0 Å². The molecule has 0 saturated carbocycles. The van der Waals surface area contributed by atoms with Gasteiger partial charge in [-0.3, -0.25) is 0 Å². The van der Waals surface area contributed by atoms with Gasteiger partial charge in [0.05, 0.1) is 10.6 Å². The van der Waals surface area contributed by atoms with E-state index in [1.54, 1.807) is 0 Å². The molecule has 7 rings (SSSR count). The molecule has 0 amide bonds. The first-order chi connectivity index (χ1) is 18.8. The summed E-state index contributed by atoms with van der Waals surface area (Å²) in [6.07, 6.45) is 7.85. The van der Waals surface area contributed by atoms with Crippen molar-refractivity contribution in [1.82, 2.24) is 4.58 Å². The molecule has 0 N–H and O–H groups in total. The van der Waals surface area contributed by atoms with E-state index in [-0.39, 0.29) is 0 Å². The summed E-state index contributed by atoms with van der Waals surface area (Å²) >= 11 is 4.23. The van der Waals surface area contributed by atoms with Crippen molar-refractivity contribution in [2.75, 3.05) is 42.6 Å². The fourth-order valence-corrected chi connectivity index (χ4v) is 9.72. The highest BCUT2D eigenvalue weighted by Crippen LogP contribution is 2.52. The topological polar surface area (TPSA) is 19.4 Å². The number of thioether (sulfide) groups is 2. The molecule has 0 spiro atoms. The molecule has 5 heteroatoms. The fourth-order valence-electron chi connectivity index (χ4n) is 6.44. The van der Waals surface area contributed by atoms with E-state index in [1.165, 1.54) is 71.6 Å². The van der Waals surface area contributed by atoms with E-state index in [1.807, 2.05) is 0 Å². The molecule has 3 fully saturated rings.